The van der Waals surface area contributed by atoms with Crippen LogP contribution in [0.3, 0.4) is 0 Å². The molecule has 0 aliphatic carbocycles. The predicted molar refractivity (Wildman–Crippen MR) is 57.5 cm³/mol. The van der Waals surface area contributed by atoms with E-state index in [1.807, 2.05) is 6.92 Å². The van der Waals surface area contributed by atoms with E-state index in [-0.39, 0.29) is 18.6 Å². The molecule has 0 radical (unpaired) electrons. The molecule has 0 unspecified atom stereocenters. The quantitative estimate of drug-likeness (QED) is 0.745. The Bertz CT molecular complexity index is 217. The molecule has 0 bridgehead atoms. The molecule has 5 nitrogen and oxygen atoms in total. The lowest BCUT2D eigenvalue weighted by Gasteiger charge is -2.21. The Balaban J connectivity index is 4.24. The first-order valence-corrected chi connectivity index (χ1v) is 5.17. The second-order valence-electron chi connectivity index (χ2n) is 3.53. The number of nitrogens with zero attached hydrogens (tertiary/aromatic N) is 1. The van der Waals surface area contributed by atoms with Crippen molar-refractivity contribution in [1.82, 2.24) is 10.2 Å². The molecule has 0 saturated carbocycles. The lowest BCUT2D eigenvalue weighted by molar-refractivity contribution is -0.121. The molecule has 0 spiro atoms. The van der Waals surface area contributed by atoms with Crippen molar-refractivity contribution < 1.29 is 14.3 Å². The van der Waals surface area contributed by atoms with Crippen LogP contribution in [-0.2, 0) is 9.53 Å². The molecule has 5 heteroatoms. The number of likely N-dealkylation sites (N-methyl/N-ethyl adjacent to an activating group) is 1. The van der Waals surface area contributed by atoms with Crippen LogP contribution in [0.5, 0.6) is 0 Å². The summed E-state index contributed by atoms with van der Waals surface area (Å²) in [7, 11) is 1.54. The number of nitrogens with one attached hydrogen (secondary N) is 1. The van der Waals surface area contributed by atoms with Gasteiger partial charge in [-0.25, -0.2) is 4.79 Å². The zero-order chi connectivity index (χ0) is 11.8. The van der Waals surface area contributed by atoms with Crippen LogP contribution < -0.4 is 5.32 Å². The van der Waals surface area contributed by atoms with Crippen LogP contribution in [0.1, 0.15) is 27.2 Å². The van der Waals surface area contributed by atoms with Crippen LogP contribution in [0, 0.1) is 0 Å². The minimum absolute atomic E-state index is 0.0515. The Labute approximate surface area is 90.8 Å². The Morgan fingerprint density at radius 1 is 1.40 bits per heavy atom. The summed E-state index contributed by atoms with van der Waals surface area (Å²) in [4.78, 5) is 24.0. The van der Waals surface area contributed by atoms with Crippen LogP contribution in [0.15, 0.2) is 0 Å². The normalized spacial score (nSPS) is 9.93. The van der Waals surface area contributed by atoms with Gasteiger partial charge in [0, 0.05) is 13.6 Å². The molecule has 0 aliphatic heterocycles. The summed E-state index contributed by atoms with van der Waals surface area (Å²) in [6, 6.07) is 0. The van der Waals surface area contributed by atoms with E-state index in [1.54, 1.807) is 20.9 Å². The molecule has 15 heavy (non-hydrogen) atoms. The largest absolute Gasteiger partial charge is 0.447 e. The molecule has 0 rings (SSSR count). The Morgan fingerprint density at radius 3 is 2.40 bits per heavy atom. The lowest BCUT2D eigenvalue weighted by Crippen LogP contribution is -2.41. The standard InChI is InChI=1S/C10H20N2O3/c1-5-6-12(7-9(13)11-4)10(14)15-8(2)3/h8H,5-7H2,1-4H3,(H,11,13). The van der Waals surface area contributed by atoms with E-state index in [9.17, 15) is 9.59 Å². The van der Waals surface area contributed by atoms with Crippen LogP contribution in [0.2, 0.25) is 0 Å². The van der Waals surface area contributed by atoms with Gasteiger partial charge in [0.05, 0.1) is 6.10 Å². The van der Waals surface area contributed by atoms with E-state index in [2.05, 4.69) is 5.32 Å². The topological polar surface area (TPSA) is 58.6 Å². The fourth-order valence-electron chi connectivity index (χ4n) is 1.03. The molecule has 0 aliphatic rings. The van der Waals surface area contributed by atoms with Crippen molar-refractivity contribution in [3.05, 3.63) is 0 Å². The highest BCUT2D eigenvalue weighted by atomic mass is 16.6. The van der Waals surface area contributed by atoms with Gasteiger partial charge in [-0.1, -0.05) is 6.92 Å². The molecule has 0 aromatic carbocycles. The van der Waals surface area contributed by atoms with Crippen molar-refractivity contribution in [1.29, 1.82) is 0 Å². The molecular formula is C10H20N2O3. The Kier molecular flexibility index (Phi) is 6.49. The maximum absolute atomic E-state index is 11.5. The van der Waals surface area contributed by atoms with Crippen molar-refractivity contribution in [2.45, 2.75) is 33.3 Å². The first-order chi connectivity index (χ1) is 7.01. The van der Waals surface area contributed by atoms with Gasteiger partial charge < -0.3 is 10.1 Å². The smallest absolute Gasteiger partial charge is 0.410 e. The third-order valence-electron chi connectivity index (χ3n) is 1.70. The minimum atomic E-state index is -0.435. The summed E-state index contributed by atoms with van der Waals surface area (Å²) in [5.74, 6) is -0.191. The lowest BCUT2D eigenvalue weighted by atomic mass is 10.4. The van der Waals surface area contributed by atoms with Crippen LogP contribution in [0.4, 0.5) is 4.79 Å². The van der Waals surface area contributed by atoms with Crippen molar-refractivity contribution in [3.8, 4) is 0 Å². The fraction of sp³-hybridized carbons (Fsp3) is 0.800. The molecule has 0 heterocycles. The van der Waals surface area contributed by atoms with Gasteiger partial charge in [0.15, 0.2) is 0 Å². The van der Waals surface area contributed by atoms with Gasteiger partial charge in [0.1, 0.15) is 6.54 Å². The summed E-state index contributed by atoms with van der Waals surface area (Å²) in [6.45, 7) is 6.08. The number of hydrogen-bond acceptors (Lipinski definition) is 3. The van der Waals surface area contributed by atoms with Gasteiger partial charge in [-0.15, -0.1) is 0 Å². The molecule has 0 fully saturated rings. The van der Waals surface area contributed by atoms with Crippen molar-refractivity contribution >= 4 is 12.0 Å². The highest BCUT2D eigenvalue weighted by molar-refractivity contribution is 5.81. The zero-order valence-corrected chi connectivity index (χ0v) is 9.87. The van der Waals surface area contributed by atoms with Gasteiger partial charge in [-0.05, 0) is 20.3 Å². The van der Waals surface area contributed by atoms with Gasteiger partial charge in [0.2, 0.25) is 5.91 Å². The maximum atomic E-state index is 11.5. The summed E-state index contributed by atoms with van der Waals surface area (Å²) in [6.07, 6.45) is 0.196. The molecule has 0 aromatic heterocycles. The van der Waals surface area contributed by atoms with E-state index in [4.69, 9.17) is 4.74 Å². The van der Waals surface area contributed by atoms with Gasteiger partial charge in [-0.3, -0.25) is 9.69 Å². The van der Waals surface area contributed by atoms with Gasteiger partial charge >= 0.3 is 6.09 Å². The summed E-state index contributed by atoms with van der Waals surface area (Å²) < 4.78 is 5.02. The van der Waals surface area contributed by atoms with Crippen LogP contribution in [-0.4, -0.2) is 43.1 Å². The Morgan fingerprint density at radius 2 is 2.00 bits per heavy atom. The van der Waals surface area contributed by atoms with Crippen molar-refractivity contribution in [3.63, 3.8) is 0 Å². The summed E-state index contributed by atoms with van der Waals surface area (Å²) >= 11 is 0. The highest BCUT2D eigenvalue weighted by Crippen LogP contribution is 1.99. The number of rotatable bonds is 5. The first-order valence-electron chi connectivity index (χ1n) is 5.17. The third-order valence-corrected chi connectivity index (χ3v) is 1.70. The average Bonchev–Trinajstić information content (AvgIpc) is 2.15. The van der Waals surface area contributed by atoms with E-state index in [1.165, 1.54) is 4.90 Å². The van der Waals surface area contributed by atoms with E-state index in [0.717, 1.165) is 6.42 Å². The molecule has 88 valence electrons. The predicted octanol–water partition coefficient (Wildman–Crippen LogP) is 0.989. The first kappa shape index (κ1) is 13.7. The zero-order valence-electron chi connectivity index (χ0n) is 9.87. The second-order valence-corrected chi connectivity index (χ2v) is 3.53. The average molecular weight is 216 g/mol. The summed E-state index contributed by atoms with van der Waals surface area (Å²) in [5.41, 5.74) is 0. The SMILES string of the molecule is CCCN(CC(=O)NC)C(=O)OC(C)C. The number of ether oxygens (including phenoxy) is 1. The number of hydrogen-bond donors (Lipinski definition) is 1. The number of carbonyl (C=O) groups is 2. The molecule has 1 N–H and O–H groups in total. The number of carbonyl (C=O) groups excluding carboxylic acids is 2. The molecule has 0 aromatic rings. The highest BCUT2D eigenvalue weighted by Gasteiger charge is 2.17. The fourth-order valence-corrected chi connectivity index (χ4v) is 1.03. The molecule has 0 saturated heterocycles. The second kappa shape index (κ2) is 7.09. The summed E-state index contributed by atoms with van der Waals surface area (Å²) in [5, 5.41) is 2.47. The van der Waals surface area contributed by atoms with Gasteiger partial charge in [-0.2, -0.15) is 0 Å². The van der Waals surface area contributed by atoms with Crippen LogP contribution >= 0.6 is 0 Å². The van der Waals surface area contributed by atoms with Gasteiger partial charge in [0.25, 0.3) is 0 Å². The van der Waals surface area contributed by atoms with E-state index >= 15 is 0 Å². The number of amides is 2. The molecular weight excluding hydrogens is 196 g/mol. The van der Waals surface area contributed by atoms with E-state index in [0.29, 0.717) is 6.54 Å². The third kappa shape index (κ3) is 5.93. The van der Waals surface area contributed by atoms with Crippen molar-refractivity contribution in [2.24, 2.45) is 0 Å². The molecule has 0 atom stereocenters. The van der Waals surface area contributed by atoms with Crippen LogP contribution in [0.25, 0.3) is 0 Å². The monoisotopic (exact) mass is 216 g/mol. The van der Waals surface area contributed by atoms with E-state index < -0.39 is 6.09 Å². The molecule has 2 amide bonds. The van der Waals surface area contributed by atoms with Crippen molar-refractivity contribution in [2.75, 3.05) is 20.1 Å². The Hall–Kier alpha value is -1.26. The minimum Gasteiger partial charge on any atom is -0.447 e. The maximum Gasteiger partial charge on any atom is 0.410 e.